The number of hydrazine groups is 1. The average Bonchev–Trinajstić information content (AvgIpc) is 2.33. The molecule has 2 rings (SSSR count). The molecule has 5 heteroatoms. The van der Waals surface area contributed by atoms with E-state index in [9.17, 15) is 0 Å². The number of rotatable bonds is 4. The summed E-state index contributed by atoms with van der Waals surface area (Å²) < 4.78 is 0. The van der Waals surface area contributed by atoms with Gasteiger partial charge in [0.25, 0.3) is 0 Å². The van der Waals surface area contributed by atoms with Gasteiger partial charge in [0, 0.05) is 45.5 Å². The van der Waals surface area contributed by atoms with E-state index in [4.69, 9.17) is 5.73 Å². The van der Waals surface area contributed by atoms with Gasteiger partial charge in [0.1, 0.15) is 5.82 Å². The van der Waals surface area contributed by atoms with E-state index in [1.54, 1.807) is 6.20 Å². The summed E-state index contributed by atoms with van der Waals surface area (Å²) in [5, 5.41) is 2.20. The van der Waals surface area contributed by atoms with E-state index < -0.39 is 0 Å². The lowest BCUT2D eigenvalue weighted by molar-refractivity contribution is 0.155. The van der Waals surface area contributed by atoms with E-state index in [1.807, 2.05) is 18.2 Å². The molecule has 0 atom stereocenters. The summed E-state index contributed by atoms with van der Waals surface area (Å²) in [5.41, 5.74) is 8.84. The van der Waals surface area contributed by atoms with Crippen LogP contribution in [0, 0.1) is 0 Å². The molecule has 0 saturated carbocycles. The standard InChI is InChI=1S/C11H19N5/c12-4-6-15-7-9-16(10-8-15)14-11-3-1-2-5-13-11/h1-3,5H,4,6-10,12H2,(H,13,14). The molecule has 0 unspecified atom stereocenters. The van der Waals surface area contributed by atoms with Crippen molar-refractivity contribution in [2.24, 2.45) is 5.73 Å². The fourth-order valence-electron chi connectivity index (χ4n) is 1.86. The van der Waals surface area contributed by atoms with Crippen LogP contribution in [0.1, 0.15) is 0 Å². The Labute approximate surface area is 96.2 Å². The molecule has 1 aliphatic rings. The highest BCUT2D eigenvalue weighted by atomic mass is 15.5. The maximum absolute atomic E-state index is 5.54. The molecule has 0 radical (unpaired) electrons. The van der Waals surface area contributed by atoms with Crippen molar-refractivity contribution in [3.63, 3.8) is 0 Å². The minimum absolute atomic E-state index is 0.744. The van der Waals surface area contributed by atoms with E-state index in [2.05, 4.69) is 20.3 Å². The Morgan fingerprint density at radius 1 is 1.25 bits per heavy atom. The second kappa shape index (κ2) is 5.79. The van der Waals surface area contributed by atoms with Crippen molar-refractivity contribution in [3.8, 4) is 0 Å². The smallest absolute Gasteiger partial charge is 0.140 e. The van der Waals surface area contributed by atoms with Gasteiger partial charge >= 0.3 is 0 Å². The number of hydrogen-bond acceptors (Lipinski definition) is 5. The Kier molecular flexibility index (Phi) is 4.10. The van der Waals surface area contributed by atoms with E-state index in [0.717, 1.165) is 45.1 Å². The lowest BCUT2D eigenvalue weighted by Crippen LogP contribution is -2.49. The first-order valence-corrected chi connectivity index (χ1v) is 5.73. The molecule has 0 bridgehead atoms. The number of aromatic nitrogens is 1. The first-order valence-electron chi connectivity index (χ1n) is 5.73. The summed E-state index contributed by atoms with van der Waals surface area (Å²) >= 11 is 0. The van der Waals surface area contributed by atoms with E-state index >= 15 is 0 Å². The summed E-state index contributed by atoms with van der Waals surface area (Å²) in [7, 11) is 0. The molecule has 1 aliphatic heterocycles. The van der Waals surface area contributed by atoms with Gasteiger partial charge in [-0.05, 0) is 12.1 Å². The predicted octanol–water partition coefficient (Wildman–Crippen LogP) is -0.0152. The second-order valence-electron chi connectivity index (χ2n) is 3.94. The van der Waals surface area contributed by atoms with Gasteiger partial charge in [0.05, 0.1) is 0 Å². The second-order valence-corrected chi connectivity index (χ2v) is 3.94. The maximum atomic E-state index is 5.54. The molecule has 1 aromatic heterocycles. The monoisotopic (exact) mass is 221 g/mol. The maximum Gasteiger partial charge on any atom is 0.140 e. The first kappa shape index (κ1) is 11.3. The van der Waals surface area contributed by atoms with Crippen LogP contribution in [0.5, 0.6) is 0 Å². The van der Waals surface area contributed by atoms with Crippen molar-refractivity contribution in [2.75, 3.05) is 44.7 Å². The highest BCUT2D eigenvalue weighted by Crippen LogP contribution is 2.05. The number of anilines is 1. The highest BCUT2D eigenvalue weighted by molar-refractivity contribution is 5.31. The molecule has 5 nitrogen and oxygen atoms in total. The largest absolute Gasteiger partial charge is 0.329 e. The van der Waals surface area contributed by atoms with Crippen LogP contribution in [0.15, 0.2) is 24.4 Å². The fraction of sp³-hybridized carbons (Fsp3) is 0.545. The Morgan fingerprint density at radius 2 is 2.06 bits per heavy atom. The molecule has 1 saturated heterocycles. The zero-order chi connectivity index (χ0) is 11.2. The van der Waals surface area contributed by atoms with Crippen LogP contribution in [-0.4, -0.2) is 54.2 Å². The van der Waals surface area contributed by atoms with Gasteiger partial charge in [0.15, 0.2) is 0 Å². The van der Waals surface area contributed by atoms with Gasteiger partial charge in [-0.1, -0.05) is 6.07 Å². The van der Waals surface area contributed by atoms with Gasteiger partial charge < -0.3 is 11.2 Å². The van der Waals surface area contributed by atoms with E-state index in [-0.39, 0.29) is 0 Å². The Morgan fingerprint density at radius 3 is 2.69 bits per heavy atom. The first-order chi connectivity index (χ1) is 7.88. The molecular weight excluding hydrogens is 202 g/mol. The lowest BCUT2D eigenvalue weighted by Gasteiger charge is -2.34. The number of pyridine rings is 1. The van der Waals surface area contributed by atoms with Crippen LogP contribution in [0.4, 0.5) is 5.82 Å². The predicted molar refractivity (Wildman–Crippen MR) is 64.9 cm³/mol. The third-order valence-corrected chi connectivity index (χ3v) is 2.76. The molecule has 3 N–H and O–H groups in total. The van der Waals surface area contributed by atoms with Gasteiger partial charge in [-0.3, -0.25) is 4.90 Å². The van der Waals surface area contributed by atoms with Gasteiger partial charge in [-0.15, -0.1) is 0 Å². The van der Waals surface area contributed by atoms with Gasteiger partial charge in [-0.2, -0.15) is 0 Å². The van der Waals surface area contributed by atoms with Crippen LogP contribution in [0.3, 0.4) is 0 Å². The van der Waals surface area contributed by atoms with E-state index in [1.165, 1.54) is 0 Å². The topological polar surface area (TPSA) is 57.4 Å². The van der Waals surface area contributed by atoms with Crippen LogP contribution in [0.2, 0.25) is 0 Å². The van der Waals surface area contributed by atoms with E-state index in [0.29, 0.717) is 0 Å². The number of nitrogens with zero attached hydrogens (tertiary/aromatic N) is 3. The molecule has 2 heterocycles. The molecular formula is C11H19N5. The number of piperazine rings is 1. The summed E-state index contributed by atoms with van der Waals surface area (Å²) in [6, 6.07) is 5.89. The average molecular weight is 221 g/mol. The van der Waals surface area contributed by atoms with Crippen molar-refractivity contribution in [3.05, 3.63) is 24.4 Å². The molecule has 1 fully saturated rings. The minimum atomic E-state index is 0.744. The summed E-state index contributed by atoms with van der Waals surface area (Å²) in [4.78, 5) is 6.63. The molecule has 1 aromatic rings. The molecule has 0 aromatic carbocycles. The number of nitrogens with one attached hydrogen (secondary N) is 1. The fourth-order valence-corrected chi connectivity index (χ4v) is 1.86. The van der Waals surface area contributed by atoms with Crippen molar-refractivity contribution in [2.45, 2.75) is 0 Å². The van der Waals surface area contributed by atoms with Crippen molar-refractivity contribution in [1.82, 2.24) is 14.9 Å². The Hall–Kier alpha value is -1.17. The zero-order valence-electron chi connectivity index (χ0n) is 9.47. The molecule has 16 heavy (non-hydrogen) atoms. The normalized spacial score (nSPS) is 18.6. The number of nitrogens with two attached hydrogens (primary N) is 1. The van der Waals surface area contributed by atoms with Crippen molar-refractivity contribution in [1.29, 1.82) is 0 Å². The van der Waals surface area contributed by atoms with Gasteiger partial charge in [0.2, 0.25) is 0 Å². The Bertz CT molecular complexity index is 295. The van der Waals surface area contributed by atoms with Crippen LogP contribution in [-0.2, 0) is 0 Å². The summed E-state index contributed by atoms with van der Waals surface area (Å²) in [6.07, 6.45) is 1.80. The molecule has 88 valence electrons. The quantitative estimate of drug-likeness (QED) is 0.748. The third kappa shape index (κ3) is 3.16. The van der Waals surface area contributed by atoms with Crippen molar-refractivity contribution >= 4 is 5.82 Å². The number of hydrogen-bond donors (Lipinski definition) is 2. The highest BCUT2D eigenvalue weighted by Gasteiger charge is 2.15. The lowest BCUT2D eigenvalue weighted by atomic mass is 10.3. The van der Waals surface area contributed by atoms with Crippen LogP contribution < -0.4 is 11.2 Å². The third-order valence-electron chi connectivity index (χ3n) is 2.76. The van der Waals surface area contributed by atoms with Crippen LogP contribution >= 0.6 is 0 Å². The summed E-state index contributed by atoms with van der Waals surface area (Å²) in [6.45, 7) is 5.90. The SMILES string of the molecule is NCCN1CCN(Nc2ccccn2)CC1. The minimum Gasteiger partial charge on any atom is -0.329 e. The van der Waals surface area contributed by atoms with Crippen LogP contribution in [0.25, 0.3) is 0 Å². The van der Waals surface area contributed by atoms with Crippen molar-refractivity contribution < 1.29 is 0 Å². The zero-order valence-corrected chi connectivity index (χ0v) is 9.47. The molecule has 0 amide bonds. The molecule has 0 aliphatic carbocycles. The summed E-state index contributed by atoms with van der Waals surface area (Å²) in [5.74, 6) is 0.912. The van der Waals surface area contributed by atoms with Gasteiger partial charge in [-0.25, -0.2) is 9.99 Å². The molecule has 0 spiro atoms. The Balaban J connectivity index is 1.77.